The van der Waals surface area contributed by atoms with Crippen molar-refractivity contribution in [2.75, 3.05) is 63.5 Å². The number of nitrogens with one attached hydrogen (secondary N) is 1. The van der Waals surface area contributed by atoms with Crippen LogP contribution in [0.2, 0.25) is 5.02 Å². The largest absolute Gasteiger partial charge is 0.368 e. The van der Waals surface area contributed by atoms with Gasteiger partial charge in [0.1, 0.15) is 0 Å². The average molecular weight is 570 g/mol. The summed E-state index contributed by atoms with van der Waals surface area (Å²) in [5, 5.41) is 4.18. The number of nitrogens with zero attached hydrogens (tertiary/aromatic N) is 4. The normalized spacial score (nSPS) is 19.5. The zero-order valence-electron chi connectivity index (χ0n) is 17.8. The Hall–Kier alpha value is -0.780. The van der Waals surface area contributed by atoms with E-state index < -0.39 is 10.0 Å². The minimum absolute atomic E-state index is 0. The SMILES string of the molecule is CCNC(=NCC1CCN(S(C)(=O)=O)CC1)N1CCN(c2cccc(Cl)c2)CC1.I. The molecular formula is C20H33ClIN5O2S. The lowest BCUT2D eigenvalue weighted by molar-refractivity contribution is 0.279. The van der Waals surface area contributed by atoms with Crippen LogP contribution in [0, 0.1) is 5.92 Å². The molecule has 2 heterocycles. The number of piperidine rings is 1. The molecule has 2 fully saturated rings. The van der Waals surface area contributed by atoms with Crippen LogP contribution in [-0.4, -0.2) is 82.2 Å². The zero-order chi connectivity index (χ0) is 20.9. The van der Waals surface area contributed by atoms with Crippen molar-refractivity contribution in [2.45, 2.75) is 19.8 Å². The van der Waals surface area contributed by atoms with Crippen LogP contribution in [0.25, 0.3) is 0 Å². The van der Waals surface area contributed by atoms with E-state index in [1.54, 1.807) is 4.31 Å². The highest BCUT2D eigenvalue weighted by Crippen LogP contribution is 2.22. The van der Waals surface area contributed by atoms with E-state index in [0.717, 1.165) is 68.8 Å². The molecule has 1 N–H and O–H groups in total. The third kappa shape index (κ3) is 7.13. The lowest BCUT2D eigenvalue weighted by atomic mass is 9.98. The number of aliphatic imine (C=N–C) groups is 1. The van der Waals surface area contributed by atoms with Crippen molar-refractivity contribution in [1.82, 2.24) is 14.5 Å². The van der Waals surface area contributed by atoms with Crippen LogP contribution in [0.3, 0.4) is 0 Å². The van der Waals surface area contributed by atoms with Gasteiger partial charge in [-0.25, -0.2) is 12.7 Å². The Labute approximate surface area is 202 Å². The highest BCUT2D eigenvalue weighted by Gasteiger charge is 2.25. The molecule has 2 aliphatic heterocycles. The molecule has 0 bridgehead atoms. The van der Waals surface area contributed by atoms with E-state index in [1.165, 1.54) is 6.26 Å². The molecule has 0 amide bonds. The second-order valence-corrected chi connectivity index (χ2v) is 10.2. The van der Waals surface area contributed by atoms with Crippen LogP contribution >= 0.6 is 35.6 Å². The van der Waals surface area contributed by atoms with E-state index in [-0.39, 0.29) is 24.0 Å². The summed E-state index contributed by atoms with van der Waals surface area (Å²) in [5.74, 6) is 1.40. The monoisotopic (exact) mass is 569 g/mol. The summed E-state index contributed by atoms with van der Waals surface area (Å²) in [6.45, 7) is 8.54. The zero-order valence-corrected chi connectivity index (χ0v) is 21.7. The minimum Gasteiger partial charge on any atom is -0.368 e. The van der Waals surface area contributed by atoms with Crippen LogP contribution in [0.4, 0.5) is 5.69 Å². The van der Waals surface area contributed by atoms with Crippen molar-refractivity contribution >= 4 is 57.2 Å². The number of piperazine rings is 1. The Morgan fingerprint density at radius 3 is 2.40 bits per heavy atom. The maximum Gasteiger partial charge on any atom is 0.211 e. The molecule has 1 aromatic carbocycles. The Morgan fingerprint density at radius 1 is 1.17 bits per heavy atom. The number of sulfonamides is 1. The molecule has 0 unspecified atom stereocenters. The van der Waals surface area contributed by atoms with Gasteiger partial charge in [-0.05, 0) is 43.9 Å². The maximum atomic E-state index is 11.7. The fourth-order valence-electron chi connectivity index (χ4n) is 3.91. The van der Waals surface area contributed by atoms with Crippen molar-refractivity contribution < 1.29 is 8.42 Å². The lowest BCUT2D eigenvalue weighted by Crippen LogP contribution is -2.52. The van der Waals surface area contributed by atoms with Crippen molar-refractivity contribution in [3.05, 3.63) is 29.3 Å². The smallest absolute Gasteiger partial charge is 0.211 e. The summed E-state index contributed by atoms with van der Waals surface area (Å²) in [6.07, 6.45) is 3.04. The number of benzene rings is 1. The first-order valence-corrected chi connectivity index (χ1v) is 12.6. The Morgan fingerprint density at radius 2 is 1.83 bits per heavy atom. The van der Waals surface area contributed by atoms with Crippen molar-refractivity contribution in [3.8, 4) is 0 Å². The summed E-state index contributed by atoms with van der Waals surface area (Å²) in [7, 11) is -3.07. The van der Waals surface area contributed by atoms with Gasteiger partial charge in [0, 0.05) is 63.1 Å². The van der Waals surface area contributed by atoms with E-state index in [9.17, 15) is 8.42 Å². The summed E-state index contributed by atoms with van der Waals surface area (Å²) >= 11 is 6.13. The molecule has 0 aromatic heterocycles. The molecule has 7 nitrogen and oxygen atoms in total. The van der Waals surface area contributed by atoms with Crippen LogP contribution in [0.1, 0.15) is 19.8 Å². The second kappa shape index (κ2) is 11.7. The first-order valence-electron chi connectivity index (χ1n) is 10.4. The van der Waals surface area contributed by atoms with Gasteiger partial charge in [-0.2, -0.15) is 0 Å². The standard InChI is InChI=1S/C20H32ClN5O2S.HI/c1-3-22-20(23-16-17-7-9-26(10-8-17)29(2,27)28)25-13-11-24(12-14-25)19-6-4-5-18(21)15-19;/h4-6,15,17H,3,7-14,16H2,1-2H3,(H,22,23);1H. The molecule has 0 spiro atoms. The molecule has 3 rings (SSSR count). The van der Waals surface area contributed by atoms with Crippen molar-refractivity contribution in [1.29, 1.82) is 0 Å². The van der Waals surface area contributed by atoms with Gasteiger partial charge in [0.15, 0.2) is 5.96 Å². The van der Waals surface area contributed by atoms with E-state index in [0.29, 0.717) is 19.0 Å². The molecule has 2 saturated heterocycles. The molecule has 10 heteroatoms. The number of guanidine groups is 1. The predicted molar refractivity (Wildman–Crippen MR) is 136 cm³/mol. The fraction of sp³-hybridized carbons (Fsp3) is 0.650. The molecule has 2 aliphatic rings. The Bertz CT molecular complexity index is 807. The van der Waals surface area contributed by atoms with Crippen molar-refractivity contribution in [2.24, 2.45) is 10.9 Å². The summed E-state index contributed by atoms with van der Waals surface area (Å²) in [4.78, 5) is 9.55. The van der Waals surface area contributed by atoms with E-state index in [1.807, 2.05) is 18.2 Å². The summed E-state index contributed by atoms with van der Waals surface area (Å²) in [6, 6.07) is 8.01. The highest BCUT2D eigenvalue weighted by atomic mass is 127. The third-order valence-electron chi connectivity index (χ3n) is 5.63. The van der Waals surface area contributed by atoms with E-state index in [4.69, 9.17) is 16.6 Å². The van der Waals surface area contributed by atoms with Crippen LogP contribution in [0.5, 0.6) is 0 Å². The minimum atomic E-state index is -3.07. The highest BCUT2D eigenvalue weighted by molar-refractivity contribution is 14.0. The van der Waals surface area contributed by atoms with Gasteiger partial charge in [-0.3, -0.25) is 4.99 Å². The number of anilines is 1. The van der Waals surface area contributed by atoms with E-state index in [2.05, 4.69) is 28.1 Å². The molecule has 1 aromatic rings. The van der Waals surface area contributed by atoms with Gasteiger partial charge < -0.3 is 15.1 Å². The van der Waals surface area contributed by atoms with Crippen molar-refractivity contribution in [3.63, 3.8) is 0 Å². The van der Waals surface area contributed by atoms with Crippen LogP contribution < -0.4 is 10.2 Å². The number of rotatable bonds is 5. The molecule has 0 atom stereocenters. The van der Waals surface area contributed by atoms with Gasteiger partial charge in [0.25, 0.3) is 0 Å². The molecule has 170 valence electrons. The number of hydrogen-bond donors (Lipinski definition) is 1. The topological polar surface area (TPSA) is 68.2 Å². The van der Waals surface area contributed by atoms with Gasteiger partial charge in [-0.15, -0.1) is 24.0 Å². The Kier molecular flexibility index (Phi) is 9.96. The van der Waals surface area contributed by atoms with Crippen LogP contribution in [0.15, 0.2) is 29.3 Å². The van der Waals surface area contributed by atoms with Gasteiger partial charge in [0.2, 0.25) is 10.0 Å². The quantitative estimate of drug-likeness (QED) is 0.336. The fourth-order valence-corrected chi connectivity index (χ4v) is 4.97. The lowest BCUT2D eigenvalue weighted by Gasteiger charge is -2.38. The van der Waals surface area contributed by atoms with Gasteiger partial charge in [0.05, 0.1) is 6.26 Å². The molecule has 30 heavy (non-hydrogen) atoms. The van der Waals surface area contributed by atoms with E-state index >= 15 is 0 Å². The van der Waals surface area contributed by atoms with Crippen LogP contribution in [-0.2, 0) is 10.0 Å². The third-order valence-corrected chi connectivity index (χ3v) is 7.17. The molecule has 0 aliphatic carbocycles. The number of hydrogen-bond acceptors (Lipinski definition) is 4. The summed E-state index contributed by atoms with van der Waals surface area (Å²) in [5.41, 5.74) is 1.16. The molecular weight excluding hydrogens is 537 g/mol. The Balaban J connectivity index is 0.00000320. The second-order valence-electron chi connectivity index (χ2n) is 7.75. The first-order chi connectivity index (χ1) is 13.9. The number of halogens is 2. The van der Waals surface area contributed by atoms with Gasteiger partial charge >= 0.3 is 0 Å². The predicted octanol–water partition coefficient (Wildman–Crippen LogP) is 2.72. The first kappa shape index (κ1) is 25.5. The molecule has 0 saturated carbocycles. The summed E-state index contributed by atoms with van der Waals surface area (Å²) < 4.78 is 24.9. The maximum absolute atomic E-state index is 11.7. The molecule has 0 radical (unpaired) electrons. The van der Waals surface area contributed by atoms with Gasteiger partial charge in [-0.1, -0.05) is 17.7 Å². The average Bonchev–Trinajstić information content (AvgIpc) is 2.71.